The highest BCUT2D eigenvalue weighted by atomic mass is 32.2. The van der Waals surface area contributed by atoms with Gasteiger partial charge in [-0.3, -0.25) is 9.98 Å². The third-order valence-corrected chi connectivity index (χ3v) is 7.37. The highest BCUT2D eigenvalue weighted by molar-refractivity contribution is 8.14. The monoisotopic (exact) mass is 417 g/mol. The van der Waals surface area contributed by atoms with E-state index < -0.39 is 0 Å². The van der Waals surface area contributed by atoms with Crippen LogP contribution in [0.15, 0.2) is 53.8 Å². The van der Waals surface area contributed by atoms with Crippen molar-refractivity contribution in [3.63, 3.8) is 0 Å². The lowest BCUT2D eigenvalue weighted by atomic mass is 9.95. The first-order chi connectivity index (χ1) is 14.6. The van der Waals surface area contributed by atoms with Crippen LogP contribution in [0.1, 0.15) is 53.6 Å². The van der Waals surface area contributed by atoms with Gasteiger partial charge < -0.3 is 9.47 Å². The summed E-state index contributed by atoms with van der Waals surface area (Å²) in [4.78, 5) is 17.0. The molecule has 6 heteroatoms. The molecule has 2 aliphatic rings. The number of hydrogen-bond acceptors (Lipinski definition) is 5. The Kier molecular flexibility index (Phi) is 4.89. The second-order valence-corrected chi connectivity index (χ2v) is 9.18. The van der Waals surface area contributed by atoms with E-state index >= 15 is 0 Å². The zero-order chi connectivity index (χ0) is 20.8. The van der Waals surface area contributed by atoms with E-state index in [1.54, 1.807) is 0 Å². The van der Waals surface area contributed by atoms with Gasteiger partial charge in [-0.1, -0.05) is 24.8 Å². The van der Waals surface area contributed by atoms with Crippen LogP contribution >= 0.6 is 11.8 Å². The van der Waals surface area contributed by atoms with Crippen molar-refractivity contribution in [1.29, 1.82) is 0 Å². The second-order valence-electron chi connectivity index (χ2n) is 8.19. The Hall–Kier alpha value is -2.60. The molecule has 0 N–H and O–H groups in total. The second kappa shape index (κ2) is 7.58. The summed E-state index contributed by atoms with van der Waals surface area (Å²) in [6.07, 6.45) is 4.89. The summed E-state index contributed by atoms with van der Waals surface area (Å²) in [6.45, 7) is 8.77. The zero-order valence-electron chi connectivity index (χ0n) is 17.9. The average Bonchev–Trinajstić information content (AvgIpc) is 3.40. The van der Waals surface area contributed by atoms with Crippen LogP contribution in [-0.2, 0) is 0 Å². The van der Waals surface area contributed by atoms with Gasteiger partial charge in [-0.15, -0.1) is 0 Å². The van der Waals surface area contributed by atoms with Crippen molar-refractivity contribution >= 4 is 16.9 Å². The van der Waals surface area contributed by atoms with E-state index in [1.165, 1.54) is 27.7 Å². The van der Waals surface area contributed by atoms with E-state index in [1.807, 2.05) is 36.3 Å². The molecule has 30 heavy (non-hydrogen) atoms. The van der Waals surface area contributed by atoms with E-state index in [-0.39, 0.29) is 12.1 Å². The van der Waals surface area contributed by atoms with E-state index in [0.29, 0.717) is 6.04 Å². The minimum absolute atomic E-state index is 0.0162. The maximum Gasteiger partial charge on any atom is 0.160 e. The number of aryl methyl sites for hydroxylation is 2. The third kappa shape index (κ3) is 3.05. The molecule has 2 aliphatic heterocycles. The van der Waals surface area contributed by atoms with Crippen LogP contribution in [0, 0.1) is 20.8 Å². The standard InChI is InChI=1S/C24H27N5S/c1-5-18-14-30-24-27-22(20-8-6-7-10-25-20)23(29(18)24)19-13-16(3)28(17(19)4)21-12-15(2)9-11-26-21/h6-13,18,22-23H,5,14H2,1-4H3/t18-,22+,23+/m1/s1. The molecule has 5 heterocycles. The first kappa shape index (κ1) is 19.4. The normalized spacial score (nSPS) is 23.0. The quantitative estimate of drug-likeness (QED) is 0.587. The highest BCUT2D eigenvalue weighted by Crippen LogP contribution is 2.49. The fourth-order valence-corrected chi connectivity index (χ4v) is 6.11. The lowest BCUT2D eigenvalue weighted by Gasteiger charge is -2.32. The number of aromatic nitrogens is 3. The van der Waals surface area contributed by atoms with Crippen LogP contribution in [0.5, 0.6) is 0 Å². The molecular formula is C24H27N5S. The predicted octanol–water partition coefficient (Wildman–Crippen LogP) is 5.17. The Bertz CT molecular complexity index is 1100. The van der Waals surface area contributed by atoms with Crippen molar-refractivity contribution in [1.82, 2.24) is 19.4 Å². The van der Waals surface area contributed by atoms with Crippen LogP contribution in [0.4, 0.5) is 0 Å². The summed E-state index contributed by atoms with van der Waals surface area (Å²) >= 11 is 1.89. The molecular weight excluding hydrogens is 390 g/mol. The van der Waals surface area contributed by atoms with Crippen molar-refractivity contribution in [2.45, 2.75) is 52.2 Å². The average molecular weight is 418 g/mol. The summed E-state index contributed by atoms with van der Waals surface area (Å²) in [6, 6.07) is 13.4. The molecule has 1 saturated heterocycles. The summed E-state index contributed by atoms with van der Waals surface area (Å²) in [5, 5.41) is 1.17. The van der Waals surface area contributed by atoms with E-state index in [4.69, 9.17) is 4.99 Å². The van der Waals surface area contributed by atoms with E-state index in [9.17, 15) is 0 Å². The van der Waals surface area contributed by atoms with Crippen molar-refractivity contribution in [2.75, 3.05) is 5.75 Å². The molecule has 3 aromatic rings. The van der Waals surface area contributed by atoms with Crippen molar-refractivity contribution < 1.29 is 0 Å². The van der Waals surface area contributed by atoms with Crippen LogP contribution < -0.4 is 0 Å². The van der Waals surface area contributed by atoms with Gasteiger partial charge in [-0.25, -0.2) is 4.98 Å². The fourth-order valence-electron chi connectivity index (χ4n) is 4.77. The van der Waals surface area contributed by atoms with Gasteiger partial charge in [0.2, 0.25) is 0 Å². The Morgan fingerprint density at radius 2 is 1.93 bits per heavy atom. The van der Waals surface area contributed by atoms with Gasteiger partial charge >= 0.3 is 0 Å². The Morgan fingerprint density at radius 3 is 2.67 bits per heavy atom. The molecule has 0 amide bonds. The highest BCUT2D eigenvalue weighted by Gasteiger charge is 2.46. The number of nitrogens with zero attached hydrogens (tertiary/aromatic N) is 5. The van der Waals surface area contributed by atoms with Gasteiger partial charge in [-0.05, 0) is 68.7 Å². The number of thioether (sulfide) groups is 1. The van der Waals surface area contributed by atoms with Crippen molar-refractivity contribution in [3.8, 4) is 5.82 Å². The van der Waals surface area contributed by atoms with Crippen molar-refractivity contribution in [2.24, 2.45) is 4.99 Å². The summed E-state index contributed by atoms with van der Waals surface area (Å²) in [5.41, 5.74) is 6.02. The number of hydrogen-bond donors (Lipinski definition) is 0. The lowest BCUT2D eigenvalue weighted by Crippen LogP contribution is -2.35. The Morgan fingerprint density at radius 1 is 1.07 bits per heavy atom. The van der Waals surface area contributed by atoms with Gasteiger partial charge in [0.05, 0.1) is 11.7 Å². The largest absolute Gasteiger partial charge is 0.338 e. The minimum Gasteiger partial charge on any atom is -0.338 e. The molecule has 0 radical (unpaired) electrons. The number of pyridine rings is 2. The molecule has 0 spiro atoms. The van der Waals surface area contributed by atoms with E-state index in [0.717, 1.165) is 23.7 Å². The minimum atomic E-state index is 0.0162. The van der Waals surface area contributed by atoms with Gasteiger partial charge in [0.25, 0.3) is 0 Å². The molecule has 0 unspecified atom stereocenters. The predicted molar refractivity (Wildman–Crippen MR) is 123 cm³/mol. The molecule has 0 bridgehead atoms. The topological polar surface area (TPSA) is 46.3 Å². The third-order valence-electron chi connectivity index (χ3n) is 6.25. The van der Waals surface area contributed by atoms with E-state index in [2.05, 4.69) is 71.4 Å². The fraction of sp³-hybridized carbons (Fsp3) is 0.375. The first-order valence-corrected chi connectivity index (χ1v) is 11.6. The molecule has 0 saturated carbocycles. The first-order valence-electron chi connectivity index (χ1n) is 10.6. The maximum absolute atomic E-state index is 5.16. The molecule has 0 aliphatic carbocycles. The van der Waals surface area contributed by atoms with Crippen LogP contribution in [0.25, 0.3) is 5.82 Å². The number of rotatable bonds is 4. The number of amidine groups is 1. The molecule has 3 atom stereocenters. The number of fused-ring (bicyclic) bond motifs is 1. The van der Waals surface area contributed by atoms with Gasteiger partial charge in [-0.2, -0.15) is 0 Å². The van der Waals surface area contributed by atoms with Crippen LogP contribution in [0.2, 0.25) is 0 Å². The molecule has 154 valence electrons. The molecule has 5 rings (SSSR count). The smallest absolute Gasteiger partial charge is 0.160 e. The van der Waals surface area contributed by atoms with Gasteiger partial charge in [0, 0.05) is 35.6 Å². The maximum atomic E-state index is 5.16. The van der Waals surface area contributed by atoms with Crippen LogP contribution in [0.3, 0.4) is 0 Å². The molecule has 3 aromatic heterocycles. The molecule has 5 nitrogen and oxygen atoms in total. The molecule has 1 fully saturated rings. The van der Waals surface area contributed by atoms with Gasteiger partial charge in [0.15, 0.2) is 5.17 Å². The number of aliphatic imine (C=N–C) groups is 1. The summed E-state index contributed by atoms with van der Waals surface area (Å²) < 4.78 is 2.28. The van der Waals surface area contributed by atoms with Gasteiger partial charge in [0.1, 0.15) is 11.9 Å². The summed E-state index contributed by atoms with van der Waals surface area (Å²) in [5.74, 6) is 2.09. The molecule has 0 aromatic carbocycles. The van der Waals surface area contributed by atoms with Crippen LogP contribution in [-0.4, -0.2) is 36.4 Å². The summed E-state index contributed by atoms with van der Waals surface area (Å²) in [7, 11) is 0. The Labute approximate surface area is 182 Å². The SMILES string of the molecule is CC[C@@H]1CSC2=N[C@@H](c3ccccn3)[C@H](c3cc(C)n(-c4cc(C)ccn4)c3C)N21. The Balaban J connectivity index is 1.64. The van der Waals surface area contributed by atoms with Crippen molar-refractivity contribution in [3.05, 3.63) is 77.0 Å². The lowest BCUT2D eigenvalue weighted by molar-refractivity contribution is 0.254. The zero-order valence-corrected chi connectivity index (χ0v) is 18.7.